The van der Waals surface area contributed by atoms with Crippen LogP contribution >= 0.6 is 15.9 Å². The fraction of sp³-hybridized carbons (Fsp3) is 0.333. The van der Waals surface area contributed by atoms with Crippen LogP contribution in [0, 0.1) is 6.92 Å². The lowest BCUT2D eigenvalue weighted by Gasteiger charge is -2.10. The highest BCUT2D eigenvalue weighted by molar-refractivity contribution is 9.10. The van der Waals surface area contributed by atoms with Crippen LogP contribution in [0.3, 0.4) is 0 Å². The number of benzene rings is 1. The molecule has 1 atom stereocenters. The summed E-state index contributed by atoms with van der Waals surface area (Å²) in [4.78, 5) is 22.8. The molecule has 6 heteroatoms. The van der Waals surface area contributed by atoms with E-state index in [4.69, 9.17) is 5.73 Å². The summed E-state index contributed by atoms with van der Waals surface area (Å²) in [5.74, 6) is -0.638. The Morgan fingerprint density at radius 2 is 2.11 bits per heavy atom. The molecular formula is C12H16BrN3O2. The van der Waals surface area contributed by atoms with Gasteiger partial charge in [-0.15, -0.1) is 0 Å². The largest absolute Gasteiger partial charge is 0.346 e. The molecule has 0 fully saturated rings. The fourth-order valence-electron chi connectivity index (χ4n) is 1.25. The third-order valence-electron chi connectivity index (χ3n) is 2.31. The molecule has 4 N–H and O–H groups in total. The molecule has 1 rings (SSSR count). The summed E-state index contributed by atoms with van der Waals surface area (Å²) in [5, 5.41) is 5.17. The highest BCUT2D eigenvalue weighted by Crippen LogP contribution is 2.20. The second kappa shape index (κ2) is 6.51. The second-order valence-electron chi connectivity index (χ2n) is 4.01. The molecule has 0 aromatic heterocycles. The predicted octanol–water partition coefficient (Wildman–Crippen LogP) is 1.16. The first kappa shape index (κ1) is 14.7. The van der Waals surface area contributed by atoms with Crippen LogP contribution in [0.2, 0.25) is 0 Å². The molecule has 1 aromatic rings. The molecule has 0 bridgehead atoms. The minimum atomic E-state index is -0.620. The van der Waals surface area contributed by atoms with E-state index in [9.17, 15) is 9.59 Å². The zero-order valence-electron chi connectivity index (χ0n) is 10.3. The Hall–Kier alpha value is -1.40. The van der Waals surface area contributed by atoms with E-state index in [1.807, 2.05) is 19.1 Å². The summed E-state index contributed by atoms with van der Waals surface area (Å²) in [6.45, 7) is 3.36. The first-order chi connectivity index (χ1) is 8.40. The van der Waals surface area contributed by atoms with Gasteiger partial charge < -0.3 is 16.4 Å². The molecule has 0 aliphatic rings. The van der Waals surface area contributed by atoms with E-state index in [0.29, 0.717) is 5.69 Å². The van der Waals surface area contributed by atoms with Gasteiger partial charge in [-0.25, -0.2) is 0 Å². The number of halogens is 1. The maximum absolute atomic E-state index is 11.6. The van der Waals surface area contributed by atoms with Gasteiger partial charge in [0.05, 0.1) is 12.6 Å². The van der Waals surface area contributed by atoms with Crippen molar-refractivity contribution >= 4 is 33.4 Å². The number of carbonyl (C=O) groups is 2. The number of nitrogens with one attached hydrogen (secondary N) is 2. The van der Waals surface area contributed by atoms with Gasteiger partial charge in [-0.3, -0.25) is 9.59 Å². The number of anilines is 1. The van der Waals surface area contributed by atoms with Crippen LogP contribution in [0.15, 0.2) is 22.7 Å². The van der Waals surface area contributed by atoms with E-state index in [-0.39, 0.29) is 18.4 Å². The van der Waals surface area contributed by atoms with Crippen molar-refractivity contribution in [2.24, 2.45) is 5.73 Å². The van der Waals surface area contributed by atoms with Gasteiger partial charge in [-0.05, 0) is 31.5 Å². The molecule has 0 unspecified atom stereocenters. The van der Waals surface area contributed by atoms with E-state index >= 15 is 0 Å². The molecule has 0 heterocycles. The van der Waals surface area contributed by atoms with E-state index < -0.39 is 6.04 Å². The number of carbonyl (C=O) groups excluding carboxylic acids is 2. The number of amides is 2. The Morgan fingerprint density at radius 3 is 2.72 bits per heavy atom. The second-order valence-corrected chi connectivity index (χ2v) is 4.93. The quantitative estimate of drug-likeness (QED) is 0.780. The summed E-state index contributed by atoms with van der Waals surface area (Å²) >= 11 is 3.33. The first-order valence-corrected chi connectivity index (χ1v) is 6.28. The molecule has 0 saturated carbocycles. The molecule has 1 aromatic carbocycles. The van der Waals surface area contributed by atoms with Crippen LogP contribution < -0.4 is 16.4 Å². The SMILES string of the molecule is Cc1ccc(Br)cc1NC(=O)CNC(=O)[C@@H](C)N. The van der Waals surface area contributed by atoms with Gasteiger partial charge in [0.1, 0.15) is 0 Å². The molecule has 0 aliphatic heterocycles. The van der Waals surface area contributed by atoms with Crippen molar-refractivity contribution in [3.8, 4) is 0 Å². The Labute approximate surface area is 114 Å². The maximum atomic E-state index is 11.6. The third kappa shape index (κ3) is 4.46. The number of aryl methyl sites for hydroxylation is 1. The molecule has 0 saturated heterocycles. The number of hydrogen-bond acceptors (Lipinski definition) is 3. The molecule has 18 heavy (non-hydrogen) atoms. The van der Waals surface area contributed by atoms with Gasteiger partial charge in [0.25, 0.3) is 0 Å². The van der Waals surface area contributed by atoms with Crippen molar-refractivity contribution in [2.45, 2.75) is 19.9 Å². The fourth-order valence-corrected chi connectivity index (χ4v) is 1.61. The molecular weight excluding hydrogens is 298 g/mol. The van der Waals surface area contributed by atoms with Crippen molar-refractivity contribution < 1.29 is 9.59 Å². The van der Waals surface area contributed by atoms with Crippen molar-refractivity contribution in [1.29, 1.82) is 0 Å². The number of rotatable bonds is 4. The summed E-state index contributed by atoms with van der Waals surface area (Å²) < 4.78 is 0.878. The molecule has 2 amide bonds. The number of nitrogens with two attached hydrogens (primary N) is 1. The van der Waals surface area contributed by atoms with Crippen LogP contribution in [0.4, 0.5) is 5.69 Å². The van der Waals surface area contributed by atoms with Gasteiger partial charge in [0.15, 0.2) is 0 Å². The molecule has 98 valence electrons. The Bertz CT molecular complexity index is 461. The van der Waals surface area contributed by atoms with Gasteiger partial charge >= 0.3 is 0 Å². The van der Waals surface area contributed by atoms with Crippen molar-refractivity contribution in [2.75, 3.05) is 11.9 Å². The van der Waals surface area contributed by atoms with Crippen LogP contribution in [-0.2, 0) is 9.59 Å². The Morgan fingerprint density at radius 1 is 1.44 bits per heavy atom. The molecule has 0 radical (unpaired) electrons. The highest BCUT2D eigenvalue weighted by atomic mass is 79.9. The van der Waals surface area contributed by atoms with Gasteiger partial charge in [-0.1, -0.05) is 22.0 Å². The Kier molecular flexibility index (Phi) is 5.30. The lowest BCUT2D eigenvalue weighted by molar-refractivity contribution is -0.124. The van der Waals surface area contributed by atoms with Crippen LogP contribution in [0.1, 0.15) is 12.5 Å². The van der Waals surface area contributed by atoms with E-state index in [1.165, 1.54) is 0 Å². The van der Waals surface area contributed by atoms with Gasteiger partial charge in [0, 0.05) is 10.2 Å². The summed E-state index contributed by atoms with van der Waals surface area (Å²) in [6.07, 6.45) is 0. The zero-order valence-corrected chi connectivity index (χ0v) is 11.9. The van der Waals surface area contributed by atoms with Crippen LogP contribution in [0.25, 0.3) is 0 Å². The minimum absolute atomic E-state index is 0.0909. The lowest BCUT2D eigenvalue weighted by Crippen LogP contribution is -2.41. The lowest BCUT2D eigenvalue weighted by atomic mass is 10.2. The minimum Gasteiger partial charge on any atom is -0.346 e. The smallest absolute Gasteiger partial charge is 0.243 e. The highest BCUT2D eigenvalue weighted by Gasteiger charge is 2.10. The Balaban J connectivity index is 2.55. The van der Waals surface area contributed by atoms with Gasteiger partial charge in [-0.2, -0.15) is 0 Å². The third-order valence-corrected chi connectivity index (χ3v) is 2.80. The topological polar surface area (TPSA) is 84.2 Å². The average molecular weight is 314 g/mol. The van der Waals surface area contributed by atoms with E-state index in [0.717, 1.165) is 10.0 Å². The maximum Gasteiger partial charge on any atom is 0.243 e. The van der Waals surface area contributed by atoms with Crippen molar-refractivity contribution in [3.05, 3.63) is 28.2 Å². The summed E-state index contributed by atoms with van der Waals surface area (Å²) in [7, 11) is 0. The first-order valence-electron chi connectivity index (χ1n) is 5.49. The standard InChI is InChI=1S/C12H16BrN3O2/c1-7-3-4-9(13)5-10(7)16-11(17)6-15-12(18)8(2)14/h3-5,8H,6,14H2,1-2H3,(H,15,18)(H,16,17)/t8-/m1/s1. The van der Waals surface area contributed by atoms with E-state index in [1.54, 1.807) is 13.0 Å². The van der Waals surface area contributed by atoms with Crippen LogP contribution in [-0.4, -0.2) is 24.4 Å². The van der Waals surface area contributed by atoms with Crippen LogP contribution in [0.5, 0.6) is 0 Å². The monoisotopic (exact) mass is 313 g/mol. The summed E-state index contributed by atoms with van der Waals surface area (Å²) in [6, 6.07) is 4.97. The molecule has 0 spiro atoms. The molecule has 0 aliphatic carbocycles. The van der Waals surface area contributed by atoms with Gasteiger partial charge in [0.2, 0.25) is 11.8 Å². The number of hydrogen-bond donors (Lipinski definition) is 3. The summed E-state index contributed by atoms with van der Waals surface area (Å²) in [5.41, 5.74) is 7.03. The molecule has 5 nitrogen and oxygen atoms in total. The van der Waals surface area contributed by atoms with E-state index in [2.05, 4.69) is 26.6 Å². The predicted molar refractivity (Wildman–Crippen MR) is 74.2 cm³/mol. The van der Waals surface area contributed by atoms with Crippen molar-refractivity contribution in [3.63, 3.8) is 0 Å². The van der Waals surface area contributed by atoms with Crippen molar-refractivity contribution in [1.82, 2.24) is 5.32 Å². The average Bonchev–Trinajstić information content (AvgIpc) is 2.30. The normalized spacial score (nSPS) is 11.8. The zero-order chi connectivity index (χ0) is 13.7.